The van der Waals surface area contributed by atoms with Crippen molar-refractivity contribution in [1.29, 1.82) is 0 Å². The lowest BCUT2D eigenvalue weighted by Crippen LogP contribution is -2.59. The Bertz CT molecular complexity index is 257. The van der Waals surface area contributed by atoms with Crippen LogP contribution in [-0.2, 0) is 9.53 Å². The second-order valence-corrected chi connectivity index (χ2v) is 5.91. The fraction of sp³-hybridized carbons (Fsp3) is 0.917. The SMILES string of the molecule is CN1[C@@H]2CC(C(=O)OC(C)(C)C)C[C@H]1C2. The van der Waals surface area contributed by atoms with Crippen LogP contribution in [-0.4, -0.2) is 35.6 Å². The summed E-state index contributed by atoms with van der Waals surface area (Å²) >= 11 is 0. The van der Waals surface area contributed by atoms with Crippen LogP contribution in [0.5, 0.6) is 0 Å². The Balaban J connectivity index is 1.88. The predicted octanol–water partition coefficient (Wildman–Crippen LogP) is 1.81. The Labute approximate surface area is 91.8 Å². The molecule has 2 heterocycles. The lowest BCUT2D eigenvalue weighted by Gasteiger charge is -2.53. The molecular formula is C12H21NO2. The van der Waals surface area contributed by atoms with Gasteiger partial charge in [-0.05, 0) is 47.1 Å². The van der Waals surface area contributed by atoms with Crippen molar-refractivity contribution in [3.8, 4) is 0 Å². The molecule has 0 N–H and O–H groups in total. The first-order chi connectivity index (χ1) is 6.87. The number of nitrogens with zero attached hydrogens (tertiary/aromatic N) is 1. The first-order valence-corrected chi connectivity index (χ1v) is 5.81. The van der Waals surface area contributed by atoms with E-state index in [9.17, 15) is 4.79 Å². The van der Waals surface area contributed by atoms with Crippen molar-refractivity contribution in [2.75, 3.05) is 7.05 Å². The molecule has 1 unspecified atom stereocenters. The molecule has 3 nitrogen and oxygen atoms in total. The second kappa shape index (κ2) is 3.48. The van der Waals surface area contributed by atoms with Gasteiger partial charge in [0.25, 0.3) is 0 Å². The molecule has 1 aliphatic carbocycles. The van der Waals surface area contributed by atoms with Gasteiger partial charge in [-0.25, -0.2) is 0 Å². The van der Waals surface area contributed by atoms with Gasteiger partial charge < -0.3 is 9.64 Å². The zero-order valence-electron chi connectivity index (χ0n) is 10.1. The van der Waals surface area contributed by atoms with E-state index in [1.165, 1.54) is 6.42 Å². The van der Waals surface area contributed by atoms with Crippen molar-refractivity contribution in [3.05, 3.63) is 0 Å². The van der Waals surface area contributed by atoms with Crippen LogP contribution in [0, 0.1) is 5.92 Å². The van der Waals surface area contributed by atoms with Gasteiger partial charge in [0.2, 0.25) is 0 Å². The number of carbonyl (C=O) groups is 1. The molecule has 2 bridgehead atoms. The minimum Gasteiger partial charge on any atom is -0.460 e. The molecule has 2 aliphatic heterocycles. The molecule has 1 saturated carbocycles. The molecule has 86 valence electrons. The van der Waals surface area contributed by atoms with Crippen LogP contribution in [0.4, 0.5) is 0 Å². The van der Waals surface area contributed by atoms with Crippen LogP contribution in [0.3, 0.4) is 0 Å². The van der Waals surface area contributed by atoms with Crippen molar-refractivity contribution in [2.24, 2.45) is 5.92 Å². The molecular weight excluding hydrogens is 190 g/mol. The van der Waals surface area contributed by atoms with Crippen LogP contribution >= 0.6 is 0 Å². The monoisotopic (exact) mass is 211 g/mol. The second-order valence-electron chi connectivity index (χ2n) is 5.91. The number of esters is 1. The average Bonchev–Trinajstić information content (AvgIpc) is 2.14. The van der Waals surface area contributed by atoms with Crippen LogP contribution < -0.4 is 0 Å². The van der Waals surface area contributed by atoms with Gasteiger partial charge in [0, 0.05) is 12.1 Å². The Hall–Kier alpha value is -0.570. The maximum atomic E-state index is 11.8. The van der Waals surface area contributed by atoms with E-state index in [4.69, 9.17) is 4.74 Å². The lowest BCUT2D eigenvalue weighted by molar-refractivity contribution is -0.166. The van der Waals surface area contributed by atoms with E-state index >= 15 is 0 Å². The van der Waals surface area contributed by atoms with Crippen LogP contribution in [0.25, 0.3) is 0 Å². The van der Waals surface area contributed by atoms with Gasteiger partial charge in [0.1, 0.15) is 5.60 Å². The maximum absolute atomic E-state index is 11.8. The largest absolute Gasteiger partial charge is 0.460 e. The summed E-state index contributed by atoms with van der Waals surface area (Å²) < 4.78 is 5.42. The number of rotatable bonds is 1. The third kappa shape index (κ3) is 2.17. The van der Waals surface area contributed by atoms with Gasteiger partial charge in [0.15, 0.2) is 0 Å². The molecule has 2 saturated heterocycles. The van der Waals surface area contributed by atoms with Crippen molar-refractivity contribution in [2.45, 2.75) is 57.7 Å². The van der Waals surface area contributed by atoms with E-state index in [2.05, 4.69) is 11.9 Å². The molecule has 0 aromatic heterocycles. The lowest BCUT2D eigenvalue weighted by atomic mass is 9.74. The number of ether oxygens (including phenoxy) is 1. The smallest absolute Gasteiger partial charge is 0.309 e. The Kier molecular flexibility index (Phi) is 2.53. The highest BCUT2D eigenvalue weighted by Gasteiger charge is 2.45. The van der Waals surface area contributed by atoms with E-state index in [-0.39, 0.29) is 17.5 Å². The van der Waals surface area contributed by atoms with E-state index in [1.807, 2.05) is 20.8 Å². The van der Waals surface area contributed by atoms with E-state index in [0.29, 0.717) is 12.1 Å². The normalized spacial score (nSPS) is 35.9. The number of hydrogen-bond acceptors (Lipinski definition) is 3. The average molecular weight is 211 g/mol. The predicted molar refractivity (Wildman–Crippen MR) is 58.5 cm³/mol. The molecule has 3 aliphatic rings. The van der Waals surface area contributed by atoms with Gasteiger partial charge in [0.05, 0.1) is 5.92 Å². The molecule has 0 spiro atoms. The molecule has 3 heteroatoms. The van der Waals surface area contributed by atoms with Crippen LogP contribution in [0.2, 0.25) is 0 Å². The Morgan fingerprint density at radius 1 is 1.20 bits per heavy atom. The van der Waals surface area contributed by atoms with Gasteiger partial charge in [-0.3, -0.25) is 4.79 Å². The fourth-order valence-corrected chi connectivity index (χ4v) is 2.66. The van der Waals surface area contributed by atoms with Crippen LogP contribution in [0.1, 0.15) is 40.0 Å². The zero-order chi connectivity index (χ0) is 11.2. The van der Waals surface area contributed by atoms with Gasteiger partial charge in [-0.1, -0.05) is 0 Å². The quantitative estimate of drug-likeness (QED) is 0.619. The third-order valence-corrected chi connectivity index (χ3v) is 3.55. The molecule has 0 aromatic carbocycles. The molecule has 3 fully saturated rings. The standard InChI is InChI=1S/C12H21NO2/c1-12(2,3)15-11(14)8-5-9-7-10(6-8)13(9)4/h8-10H,5-7H2,1-4H3/t8?,9-,10+. The van der Waals surface area contributed by atoms with Gasteiger partial charge >= 0.3 is 5.97 Å². The zero-order valence-corrected chi connectivity index (χ0v) is 10.1. The summed E-state index contributed by atoms with van der Waals surface area (Å²) in [4.78, 5) is 14.2. The molecule has 3 atom stereocenters. The van der Waals surface area contributed by atoms with E-state index < -0.39 is 0 Å². The van der Waals surface area contributed by atoms with Crippen molar-refractivity contribution in [1.82, 2.24) is 4.90 Å². The summed E-state index contributed by atoms with van der Waals surface area (Å²) in [6.45, 7) is 5.79. The highest BCUT2D eigenvalue weighted by Crippen LogP contribution is 2.40. The summed E-state index contributed by atoms with van der Waals surface area (Å²) in [7, 11) is 2.16. The molecule has 0 radical (unpaired) electrons. The Morgan fingerprint density at radius 3 is 2.13 bits per heavy atom. The summed E-state index contributed by atoms with van der Waals surface area (Å²) in [6, 6.07) is 1.25. The summed E-state index contributed by atoms with van der Waals surface area (Å²) in [5, 5.41) is 0. The van der Waals surface area contributed by atoms with E-state index in [0.717, 1.165) is 12.8 Å². The topological polar surface area (TPSA) is 29.5 Å². The van der Waals surface area contributed by atoms with E-state index in [1.54, 1.807) is 0 Å². The summed E-state index contributed by atoms with van der Waals surface area (Å²) in [5.74, 6) is 0.148. The first-order valence-electron chi connectivity index (χ1n) is 5.81. The molecule has 0 amide bonds. The minimum atomic E-state index is -0.343. The fourth-order valence-electron chi connectivity index (χ4n) is 2.66. The number of fused-ring (bicyclic) bond motifs is 2. The third-order valence-electron chi connectivity index (χ3n) is 3.55. The molecule has 3 rings (SSSR count). The minimum absolute atomic E-state index is 0.00491. The molecule has 0 aromatic rings. The highest BCUT2D eigenvalue weighted by atomic mass is 16.6. The van der Waals surface area contributed by atoms with Crippen molar-refractivity contribution >= 4 is 5.97 Å². The van der Waals surface area contributed by atoms with Gasteiger partial charge in [-0.2, -0.15) is 0 Å². The highest BCUT2D eigenvalue weighted by molar-refractivity contribution is 5.73. The summed E-state index contributed by atoms with van der Waals surface area (Å²) in [6.07, 6.45) is 3.25. The number of carbonyl (C=O) groups excluding carboxylic acids is 1. The maximum Gasteiger partial charge on any atom is 0.309 e. The first kappa shape index (κ1) is 10.9. The van der Waals surface area contributed by atoms with Crippen LogP contribution in [0.15, 0.2) is 0 Å². The summed E-state index contributed by atoms with van der Waals surface area (Å²) in [5.41, 5.74) is -0.343. The Morgan fingerprint density at radius 2 is 1.73 bits per heavy atom. The number of piperidine rings is 1. The van der Waals surface area contributed by atoms with Crippen molar-refractivity contribution < 1.29 is 9.53 Å². The van der Waals surface area contributed by atoms with Gasteiger partial charge in [-0.15, -0.1) is 0 Å². The van der Waals surface area contributed by atoms with Crippen molar-refractivity contribution in [3.63, 3.8) is 0 Å². The molecule has 15 heavy (non-hydrogen) atoms. The number of hydrogen-bond donors (Lipinski definition) is 0.